The fourth-order valence-electron chi connectivity index (χ4n) is 2.96. The first-order valence-electron chi connectivity index (χ1n) is 8.19. The molecule has 1 aliphatic carbocycles. The SMILES string of the molecule is Cc1ccc2c(P(=O)([O-])CCC(=O)O)c3ccc(=[N+](C)C)cc-3oc2c1. The number of nitrogens with zero attached hydrogens (tertiary/aromatic N) is 1. The highest BCUT2D eigenvalue weighted by atomic mass is 31.2. The lowest BCUT2D eigenvalue weighted by Crippen LogP contribution is -2.25. The normalized spacial score (nSPS) is 13.7. The standard InChI is InChI=1S/C19H20NO5P/c1-12-4-6-14-16(10-12)25-17-11-13(20(2)3)5-7-15(17)19(14)26(23,24)9-8-18(21)22/h4-7,10-11H,8-9H2,1-3H3,(H-,21,22,23,24). The molecule has 26 heavy (non-hydrogen) atoms. The molecule has 1 unspecified atom stereocenters. The second-order valence-corrected chi connectivity index (χ2v) is 8.81. The quantitative estimate of drug-likeness (QED) is 0.426. The van der Waals surface area contributed by atoms with Gasteiger partial charge in [-0.25, -0.2) is 4.58 Å². The predicted molar refractivity (Wildman–Crippen MR) is 99.1 cm³/mol. The average molecular weight is 373 g/mol. The molecule has 7 heteroatoms. The van der Waals surface area contributed by atoms with Crippen LogP contribution in [0, 0.1) is 6.92 Å². The zero-order valence-electron chi connectivity index (χ0n) is 14.9. The molecule has 1 atom stereocenters. The lowest BCUT2D eigenvalue weighted by atomic mass is 10.1. The molecule has 6 nitrogen and oxygen atoms in total. The smallest absolute Gasteiger partial charge is 0.303 e. The first-order chi connectivity index (χ1) is 12.2. The van der Waals surface area contributed by atoms with E-state index in [1.54, 1.807) is 24.3 Å². The number of hydrogen-bond acceptors (Lipinski definition) is 4. The second kappa shape index (κ2) is 6.71. The number of carboxylic acids is 1. The molecule has 1 aromatic carbocycles. The van der Waals surface area contributed by atoms with E-state index >= 15 is 0 Å². The number of aliphatic carboxylic acids is 1. The number of hydrogen-bond donors (Lipinski definition) is 1. The van der Waals surface area contributed by atoms with Gasteiger partial charge < -0.3 is 19.0 Å². The van der Waals surface area contributed by atoms with E-state index in [4.69, 9.17) is 9.52 Å². The van der Waals surface area contributed by atoms with E-state index in [9.17, 15) is 14.3 Å². The van der Waals surface area contributed by atoms with E-state index in [2.05, 4.69) is 0 Å². The Morgan fingerprint density at radius 2 is 1.96 bits per heavy atom. The molecule has 0 spiro atoms. The minimum absolute atomic E-state index is 0.153. The van der Waals surface area contributed by atoms with Gasteiger partial charge in [0.1, 0.15) is 25.4 Å². The fraction of sp³-hybridized carbons (Fsp3) is 0.263. The van der Waals surface area contributed by atoms with Crippen molar-refractivity contribution in [3.8, 4) is 11.3 Å². The van der Waals surface area contributed by atoms with Gasteiger partial charge in [-0.1, -0.05) is 12.1 Å². The molecule has 1 aromatic rings. The van der Waals surface area contributed by atoms with Crippen molar-refractivity contribution in [1.82, 2.24) is 4.58 Å². The van der Waals surface area contributed by atoms with Gasteiger partial charge in [-0.3, -0.25) is 4.79 Å². The Morgan fingerprint density at radius 1 is 1.23 bits per heavy atom. The summed E-state index contributed by atoms with van der Waals surface area (Å²) in [6, 6.07) is 10.6. The lowest BCUT2D eigenvalue weighted by Gasteiger charge is -2.27. The largest absolute Gasteiger partial charge is 0.796 e. The molecule has 0 aromatic heterocycles. The summed E-state index contributed by atoms with van der Waals surface area (Å²) in [5, 5.41) is 10.4. The fourth-order valence-corrected chi connectivity index (χ4v) is 4.78. The van der Waals surface area contributed by atoms with Crippen LogP contribution in [0.25, 0.3) is 22.3 Å². The molecule has 0 amide bonds. The Kier molecular flexibility index (Phi) is 4.74. The summed E-state index contributed by atoms with van der Waals surface area (Å²) in [7, 11) is -0.373. The molecule has 0 saturated heterocycles. The maximum absolute atomic E-state index is 13.0. The summed E-state index contributed by atoms with van der Waals surface area (Å²) < 4.78 is 20.9. The Labute approximate surface area is 150 Å². The van der Waals surface area contributed by atoms with Crippen molar-refractivity contribution >= 4 is 29.6 Å². The second-order valence-electron chi connectivity index (χ2n) is 6.57. The topological polar surface area (TPSA) is 93.6 Å². The monoisotopic (exact) mass is 373 g/mol. The van der Waals surface area contributed by atoms with Crippen molar-refractivity contribution in [3.63, 3.8) is 0 Å². The third kappa shape index (κ3) is 3.43. The summed E-state index contributed by atoms with van der Waals surface area (Å²) in [4.78, 5) is 23.9. The van der Waals surface area contributed by atoms with E-state index in [0.29, 0.717) is 22.3 Å². The van der Waals surface area contributed by atoms with E-state index < -0.39 is 25.9 Å². The van der Waals surface area contributed by atoms with Gasteiger partial charge in [0.2, 0.25) is 5.36 Å². The number of carboxylic acid groups (broad SMARTS) is 1. The van der Waals surface area contributed by atoms with Gasteiger partial charge in [0.25, 0.3) is 0 Å². The van der Waals surface area contributed by atoms with Crippen LogP contribution < -0.4 is 20.1 Å². The summed E-state index contributed by atoms with van der Waals surface area (Å²) >= 11 is 0. The van der Waals surface area contributed by atoms with Crippen LogP contribution >= 0.6 is 7.37 Å². The average Bonchev–Trinajstić information content (AvgIpc) is 2.57. The highest BCUT2D eigenvalue weighted by molar-refractivity contribution is 7.65. The first kappa shape index (κ1) is 18.4. The van der Waals surface area contributed by atoms with Crippen LogP contribution in [0.15, 0.2) is 40.8 Å². The van der Waals surface area contributed by atoms with Crippen molar-refractivity contribution in [2.24, 2.45) is 0 Å². The number of aryl methyl sites for hydroxylation is 1. The molecule has 0 fully saturated rings. The van der Waals surface area contributed by atoms with Crippen LogP contribution in [0.2, 0.25) is 0 Å². The van der Waals surface area contributed by atoms with Crippen LogP contribution in [0.3, 0.4) is 0 Å². The summed E-state index contributed by atoms with van der Waals surface area (Å²) in [5.74, 6) is -0.684. The Morgan fingerprint density at radius 3 is 2.62 bits per heavy atom. The Bertz CT molecular complexity index is 1090. The van der Waals surface area contributed by atoms with E-state index in [1.165, 1.54) is 0 Å². The maximum Gasteiger partial charge on any atom is 0.303 e. The molecule has 2 aliphatic rings. The van der Waals surface area contributed by atoms with Crippen molar-refractivity contribution < 1.29 is 23.8 Å². The molecule has 3 rings (SSSR count). The summed E-state index contributed by atoms with van der Waals surface area (Å²) in [6.07, 6.45) is -0.864. The number of rotatable bonds is 4. The zero-order chi connectivity index (χ0) is 19.1. The maximum atomic E-state index is 13.0. The molecule has 0 radical (unpaired) electrons. The van der Waals surface area contributed by atoms with E-state index in [1.807, 2.05) is 37.7 Å². The first-order valence-corrected chi connectivity index (χ1v) is 10.00. The van der Waals surface area contributed by atoms with Crippen molar-refractivity contribution in [2.45, 2.75) is 13.3 Å². The van der Waals surface area contributed by atoms with Crippen LogP contribution in [0.4, 0.5) is 0 Å². The van der Waals surface area contributed by atoms with Gasteiger partial charge in [0, 0.05) is 35.9 Å². The molecular weight excluding hydrogens is 353 g/mol. The Balaban J connectivity index is 2.39. The van der Waals surface area contributed by atoms with Crippen molar-refractivity contribution in [2.75, 3.05) is 20.3 Å². The van der Waals surface area contributed by atoms with Crippen LogP contribution in [0.5, 0.6) is 0 Å². The third-order valence-electron chi connectivity index (χ3n) is 4.31. The van der Waals surface area contributed by atoms with Gasteiger partial charge >= 0.3 is 5.97 Å². The van der Waals surface area contributed by atoms with Crippen molar-refractivity contribution in [1.29, 1.82) is 0 Å². The molecule has 1 aliphatic heterocycles. The molecule has 1 heterocycles. The van der Waals surface area contributed by atoms with Gasteiger partial charge in [-0.2, -0.15) is 0 Å². The number of fused-ring (bicyclic) bond motifs is 2. The lowest BCUT2D eigenvalue weighted by molar-refractivity contribution is -0.171. The van der Waals surface area contributed by atoms with Crippen molar-refractivity contribution in [3.05, 3.63) is 47.3 Å². The van der Waals surface area contributed by atoms with Gasteiger partial charge in [-0.05, 0) is 24.6 Å². The van der Waals surface area contributed by atoms with Crippen LogP contribution in [-0.4, -0.2) is 31.3 Å². The van der Waals surface area contributed by atoms with E-state index in [0.717, 1.165) is 10.9 Å². The zero-order valence-corrected chi connectivity index (χ0v) is 15.7. The molecule has 0 saturated carbocycles. The van der Waals surface area contributed by atoms with Crippen LogP contribution in [0.1, 0.15) is 12.0 Å². The Hall–Kier alpha value is -2.43. The minimum Gasteiger partial charge on any atom is -0.796 e. The third-order valence-corrected chi connectivity index (χ3v) is 6.29. The number of benzene rings is 2. The molecule has 0 bridgehead atoms. The summed E-state index contributed by atoms with van der Waals surface area (Å²) in [6.45, 7) is 1.90. The van der Waals surface area contributed by atoms with Gasteiger partial charge in [0.05, 0.1) is 12.5 Å². The highest BCUT2D eigenvalue weighted by Gasteiger charge is 2.24. The molecule has 136 valence electrons. The molecule has 1 N–H and O–H groups in total. The predicted octanol–water partition coefficient (Wildman–Crippen LogP) is 1.62. The van der Waals surface area contributed by atoms with Crippen LogP contribution in [-0.2, 0) is 9.36 Å². The number of carbonyl (C=O) groups is 1. The summed E-state index contributed by atoms with van der Waals surface area (Å²) in [5.41, 5.74) is 1.88. The molecular formula is C19H20NO5P. The van der Waals surface area contributed by atoms with E-state index in [-0.39, 0.29) is 5.30 Å². The van der Waals surface area contributed by atoms with Gasteiger partial charge in [-0.15, -0.1) is 0 Å². The highest BCUT2D eigenvalue weighted by Crippen LogP contribution is 2.43. The van der Waals surface area contributed by atoms with Gasteiger partial charge in [0.15, 0.2) is 0 Å². The minimum atomic E-state index is -4.15.